The topological polar surface area (TPSA) is 177 Å². The molecule has 0 saturated heterocycles. The van der Waals surface area contributed by atoms with Gasteiger partial charge in [0.1, 0.15) is 21.4 Å². The van der Waals surface area contributed by atoms with E-state index in [0.717, 1.165) is 0 Å². The van der Waals surface area contributed by atoms with Gasteiger partial charge >= 0.3 is 0 Å². The van der Waals surface area contributed by atoms with Crippen LogP contribution in [0.2, 0.25) is 0 Å². The van der Waals surface area contributed by atoms with Crippen LogP contribution in [0.5, 0.6) is 0 Å². The fourth-order valence-electron chi connectivity index (χ4n) is 2.17. The Morgan fingerprint density at radius 3 is 1.66 bits per heavy atom. The summed E-state index contributed by atoms with van der Waals surface area (Å²) in [5, 5.41) is -1.89. The summed E-state index contributed by atoms with van der Waals surface area (Å²) in [6.45, 7) is 0. The molecule has 2 aromatic carbocycles. The van der Waals surface area contributed by atoms with Crippen LogP contribution >= 0.6 is 0 Å². The minimum Gasteiger partial charge on any atom is -0.282 e. The highest BCUT2D eigenvalue weighted by Crippen LogP contribution is 2.28. The molecule has 0 fully saturated rings. The van der Waals surface area contributed by atoms with Crippen LogP contribution in [0.3, 0.4) is 0 Å². The third-order valence-corrected chi connectivity index (χ3v) is 9.75. The Morgan fingerprint density at radius 1 is 0.655 bits per heavy atom. The van der Waals surface area contributed by atoms with Crippen molar-refractivity contribution in [1.29, 1.82) is 0 Å². The van der Waals surface area contributed by atoms with E-state index in [9.17, 15) is 47.0 Å². The van der Waals surface area contributed by atoms with Gasteiger partial charge in [0, 0.05) is 6.07 Å². The van der Waals surface area contributed by atoms with Gasteiger partial charge in [-0.2, -0.15) is 16.8 Å². The van der Waals surface area contributed by atoms with Gasteiger partial charge in [0.05, 0.1) is 9.79 Å². The first-order chi connectivity index (χ1) is 12.9. The molecule has 2 rings (SSSR count). The molecule has 29 heavy (non-hydrogen) atoms. The Balaban J connectivity index is 2.67. The molecule has 16 heteroatoms. The van der Waals surface area contributed by atoms with Gasteiger partial charge in [-0.05, 0) is 30.3 Å². The van der Waals surface area contributed by atoms with E-state index in [1.165, 1.54) is 0 Å². The van der Waals surface area contributed by atoms with Crippen molar-refractivity contribution in [2.45, 2.75) is 19.6 Å². The maximum absolute atomic E-state index is 13.7. The monoisotopic (exact) mass is 492 g/mol. The van der Waals surface area contributed by atoms with Gasteiger partial charge in [0.15, 0.2) is 24.8 Å². The summed E-state index contributed by atoms with van der Waals surface area (Å²) in [4.78, 5) is -5.14. The maximum Gasteiger partial charge on any atom is 0.295 e. The molecular weight excluding hydrogens is 482 g/mol. The molecule has 0 aliphatic carbocycles. The molecule has 0 amide bonds. The molecule has 0 atom stereocenters. The summed E-state index contributed by atoms with van der Waals surface area (Å²) in [6.07, 6.45) is 0. The second-order valence-electron chi connectivity index (χ2n) is 5.48. The second kappa shape index (κ2) is 7.37. The molecule has 0 aromatic heterocycles. The minimum absolute atomic E-state index is 0.0998. The van der Waals surface area contributed by atoms with Crippen molar-refractivity contribution >= 4 is 39.9 Å². The summed E-state index contributed by atoms with van der Waals surface area (Å²) in [5.74, 6) is -2.74. The van der Waals surface area contributed by atoms with E-state index in [1.807, 2.05) is 0 Å². The normalized spacial score (nSPS) is 13.4. The molecule has 0 unspecified atom stereocenters. The zero-order valence-corrected chi connectivity index (χ0v) is 17.0. The lowest BCUT2D eigenvalue weighted by Crippen LogP contribution is -2.20. The van der Waals surface area contributed by atoms with Gasteiger partial charge in [-0.25, -0.2) is 25.6 Å². The maximum atomic E-state index is 13.7. The predicted octanol–water partition coefficient (Wildman–Crippen LogP) is 0.663. The van der Waals surface area contributed by atoms with Crippen LogP contribution in [0, 0.1) is 11.6 Å². The first-order valence-corrected chi connectivity index (χ1v) is 13.1. The van der Waals surface area contributed by atoms with Crippen molar-refractivity contribution in [2.75, 3.05) is 5.08 Å². The van der Waals surface area contributed by atoms with Crippen LogP contribution < -0.4 is 0 Å². The van der Waals surface area contributed by atoms with E-state index in [4.69, 9.17) is 4.55 Å². The number of rotatable bonds is 6. The molecule has 160 valence electrons. The lowest BCUT2D eigenvalue weighted by molar-refractivity contribution is 0.477. The van der Waals surface area contributed by atoms with Crippen molar-refractivity contribution < 1.29 is 51.6 Å². The molecule has 0 aliphatic rings. The fourth-order valence-corrected chi connectivity index (χ4v) is 7.96. The summed E-state index contributed by atoms with van der Waals surface area (Å²) in [5.41, 5.74) is 0. The van der Waals surface area contributed by atoms with Crippen molar-refractivity contribution in [1.82, 2.24) is 0 Å². The molecule has 0 heterocycles. The highest BCUT2D eigenvalue weighted by atomic mass is 32.3. The minimum atomic E-state index is -5.41. The summed E-state index contributed by atoms with van der Waals surface area (Å²) in [7, 11) is -20.5. The lowest BCUT2D eigenvalue weighted by atomic mass is 10.3. The largest absolute Gasteiger partial charge is 0.295 e. The number of sulfone groups is 2. The van der Waals surface area contributed by atoms with E-state index < -0.39 is 76.2 Å². The first-order valence-electron chi connectivity index (χ1n) is 6.95. The second-order valence-corrected chi connectivity index (χ2v) is 12.6. The van der Waals surface area contributed by atoms with Gasteiger partial charge in [0.25, 0.3) is 20.2 Å². The smallest absolute Gasteiger partial charge is 0.282 e. The molecule has 0 spiro atoms. The number of hydrogen-bond acceptors (Lipinski definition) is 8. The summed E-state index contributed by atoms with van der Waals surface area (Å²) in [6, 6.07) is 2.07. The Hall–Kier alpha value is -1.98. The molecule has 10 nitrogen and oxygen atoms in total. The van der Waals surface area contributed by atoms with E-state index in [1.54, 1.807) is 0 Å². The van der Waals surface area contributed by atoms with Crippen LogP contribution in [0.15, 0.2) is 56.0 Å². The Morgan fingerprint density at radius 2 is 1.17 bits per heavy atom. The molecule has 0 aliphatic heterocycles. The van der Waals surface area contributed by atoms with Gasteiger partial charge in [-0.15, -0.1) is 0 Å². The molecule has 2 aromatic rings. The third kappa shape index (κ3) is 5.14. The highest BCUT2D eigenvalue weighted by Gasteiger charge is 2.33. The highest BCUT2D eigenvalue weighted by molar-refractivity contribution is 8.08. The summed E-state index contributed by atoms with van der Waals surface area (Å²) >= 11 is 0. The van der Waals surface area contributed by atoms with Gasteiger partial charge in [-0.1, -0.05) is 0 Å². The van der Waals surface area contributed by atoms with E-state index in [0.29, 0.717) is 24.3 Å². The summed E-state index contributed by atoms with van der Waals surface area (Å²) < 4.78 is 139. The van der Waals surface area contributed by atoms with E-state index in [-0.39, 0.29) is 12.1 Å². The molecule has 0 radical (unpaired) electrons. The number of hydrogen-bond donors (Lipinski definition) is 2. The first kappa shape index (κ1) is 23.3. The molecule has 2 N–H and O–H groups in total. The fraction of sp³-hybridized carbons (Fsp3) is 0.0769. The van der Waals surface area contributed by atoms with Crippen LogP contribution in [0.25, 0.3) is 0 Å². The van der Waals surface area contributed by atoms with Gasteiger partial charge in [-0.3, -0.25) is 9.11 Å². The zero-order valence-electron chi connectivity index (χ0n) is 13.7. The van der Waals surface area contributed by atoms with Gasteiger partial charge in [0.2, 0.25) is 0 Å². The standard InChI is InChI=1S/C13H10F2O10S4/c14-8-1-3-11(10(15)5-8)26(16,17)7-27(18,19)12-4-2-9(28(20,21)22)6-13(12)29(23,24)25/h1-6H,7H2,(H,20,21,22)(H,23,24,25). The van der Waals surface area contributed by atoms with Crippen LogP contribution in [-0.2, 0) is 39.9 Å². The van der Waals surface area contributed by atoms with E-state index in [2.05, 4.69) is 0 Å². The molecule has 0 bridgehead atoms. The van der Waals surface area contributed by atoms with Crippen molar-refractivity contribution in [3.63, 3.8) is 0 Å². The molecule has 0 saturated carbocycles. The van der Waals surface area contributed by atoms with Crippen LogP contribution in [-0.4, -0.2) is 47.9 Å². The van der Waals surface area contributed by atoms with Gasteiger partial charge < -0.3 is 0 Å². The number of benzene rings is 2. The molecular formula is C13H10F2O10S4. The Labute approximate surface area is 164 Å². The van der Waals surface area contributed by atoms with Crippen LogP contribution in [0.4, 0.5) is 8.78 Å². The van der Waals surface area contributed by atoms with E-state index >= 15 is 0 Å². The third-order valence-electron chi connectivity index (χ3n) is 3.37. The van der Waals surface area contributed by atoms with Crippen molar-refractivity contribution in [2.24, 2.45) is 0 Å². The van der Waals surface area contributed by atoms with Crippen LogP contribution in [0.1, 0.15) is 0 Å². The average Bonchev–Trinajstić information content (AvgIpc) is 2.51. The van der Waals surface area contributed by atoms with Crippen molar-refractivity contribution in [3.8, 4) is 0 Å². The lowest BCUT2D eigenvalue weighted by Gasteiger charge is -2.11. The average molecular weight is 492 g/mol. The Kier molecular flexibility index (Phi) is 5.92. The number of halogens is 2. The SMILES string of the molecule is O=S(=O)(O)c1ccc(S(=O)(=O)CS(=O)(=O)c2ccc(F)cc2F)c(S(=O)(=O)O)c1. The quantitative estimate of drug-likeness (QED) is 0.430. The van der Waals surface area contributed by atoms with Crippen molar-refractivity contribution in [3.05, 3.63) is 48.0 Å². The predicted molar refractivity (Wildman–Crippen MR) is 91.7 cm³/mol. The zero-order chi connectivity index (χ0) is 22.4. The Bertz CT molecular complexity index is 1410.